The Kier molecular flexibility index (Phi) is 5.08. The first kappa shape index (κ1) is 18.2. The lowest BCUT2D eigenvalue weighted by Crippen LogP contribution is -2.18. The molecule has 0 aliphatic rings. The van der Waals surface area contributed by atoms with Crippen molar-refractivity contribution in [1.82, 2.24) is 9.38 Å². The molecule has 0 spiro atoms. The highest BCUT2D eigenvalue weighted by atomic mass is 35.5. The van der Waals surface area contributed by atoms with E-state index in [0.717, 1.165) is 16.9 Å². The van der Waals surface area contributed by atoms with Crippen molar-refractivity contribution in [1.29, 1.82) is 0 Å². The first-order valence-electron chi connectivity index (χ1n) is 8.83. The second-order valence-corrected chi connectivity index (χ2v) is 6.89. The van der Waals surface area contributed by atoms with Gasteiger partial charge < -0.3 is 9.72 Å². The van der Waals surface area contributed by atoms with E-state index in [2.05, 4.69) is 10.3 Å². The number of pyridine rings is 1. The van der Waals surface area contributed by atoms with E-state index >= 15 is 0 Å². The van der Waals surface area contributed by atoms with Gasteiger partial charge in [0.2, 0.25) is 5.91 Å². The second-order valence-electron chi connectivity index (χ2n) is 6.45. The van der Waals surface area contributed by atoms with Crippen LogP contribution in [-0.4, -0.2) is 15.3 Å². The number of halogens is 2. The summed E-state index contributed by atoms with van der Waals surface area (Å²) in [6.45, 7) is 0. The SMILES string of the molecule is O=C(CC(c1ccccc1)c1cnc2ccc(Cl)cn12)Nc1ccccc1F. The fourth-order valence-corrected chi connectivity index (χ4v) is 3.42. The zero-order chi connectivity index (χ0) is 19.5. The molecule has 1 atom stereocenters. The summed E-state index contributed by atoms with van der Waals surface area (Å²) in [5, 5.41) is 3.24. The molecular formula is C22H17ClFN3O. The number of hydrogen-bond donors (Lipinski definition) is 1. The number of benzene rings is 2. The average molecular weight is 394 g/mol. The lowest BCUT2D eigenvalue weighted by Gasteiger charge is -2.17. The van der Waals surface area contributed by atoms with Crippen molar-refractivity contribution in [3.63, 3.8) is 0 Å². The maximum Gasteiger partial charge on any atom is 0.225 e. The Balaban J connectivity index is 1.69. The molecule has 2 aromatic carbocycles. The maximum absolute atomic E-state index is 13.9. The number of nitrogens with zero attached hydrogens (tertiary/aromatic N) is 2. The van der Waals surface area contributed by atoms with Crippen molar-refractivity contribution in [3.05, 3.63) is 101 Å². The molecule has 0 aliphatic carbocycles. The molecule has 1 unspecified atom stereocenters. The van der Waals surface area contributed by atoms with Crippen LogP contribution < -0.4 is 5.32 Å². The van der Waals surface area contributed by atoms with Gasteiger partial charge in [0, 0.05) is 24.7 Å². The molecule has 4 aromatic rings. The Bertz CT molecular complexity index is 1130. The molecule has 0 saturated heterocycles. The van der Waals surface area contributed by atoms with E-state index in [0.29, 0.717) is 5.02 Å². The Morgan fingerprint density at radius 1 is 1.07 bits per heavy atom. The minimum atomic E-state index is -0.464. The fraction of sp³-hybridized carbons (Fsp3) is 0.0909. The molecule has 4 rings (SSSR count). The summed E-state index contributed by atoms with van der Waals surface area (Å²) in [4.78, 5) is 17.1. The monoisotopic (exact) mass is 393 g/mol. The summed E-state index contributed by atoms with van der Waals surface area (Å²) < 4.78 is 15.8. The van der Waals surface area contributed by atoms with Gasteiger partial charge in [-0.05, 0) is 29.8 Å². The Hall–Kier alpha value is -3.18. The van der Waals surface area contributed by atoms with E-state index in [1.54, 1.807) is 36.7 Å². The van der Waals surface area contributed by atoms with E-state index < -0.39 is 5.82 Å². The van der Waals surface area contributed by atoms with Crippen molar-refractivity contribution >= 4 is 28.8 Å². The van der Waals surface area contributed by atoms with Crippen molar-refractivity contribution in [2.45, 2.75) is 12.3 Å². The zero-order valence-corrected chi connectivity index (χ0v) is 15.6. The zero-order valence-electron chi connectivity index (χ0n) is 14.8. The third-order valence-corrected chi connectivity index (χ3v) is 4.82. The van der Waals surface area contributed by atoms with Gasteiger partial charge in [-0.25, -0.2) is 9.37 Å². The fourth-order valence-electron chi connectivity index (χ4n) is 3.26. The van der Waals surface area contributed by atoms with Crippen LogP contribution in [0.25, 0.3) is 5.65 Å². The molecule has 0 aliphatic heterocycles. The smallest absolute Gasteiger partial charge is 0.225 e. The molecule has 0 fully saturated rings. The van der Waals surface area contributed by atoms with Gasteiger partial charge in [-0.15, -0.1) is 0 Å². The number of amides is 1. The summed E-state index contributed by atoms with van der Waals surface area (Å²) >= 11 is 6.16. The third-order valence-electron chi connectivity index (χ3n) is 4.59. The minimum Gasteiger partial charge on any atom is -0.324 e. The Morgan fingerprint density at radius 2 is 1.82 bits per heavy atom. The van der Waals surface area contributed by atoms with Gasteiger partial charge in [-0.3, -0.25) is 4.79 Å². The minimum absolute atomic E-state index is 0.138. The standard InChI is InChI=1S/C22H17ClFN3O/c23-16-10-11-21-25-13-20(27(21)14-16)17(15-6-2-1-3-7-15)12-22(28)26-19-9-5-4-8-18(19)24/h1-11,13-14,17H,12H2,(H,26,28). The number of hydrogen-bond acceptors (Lipinski definition) is 2. The van der Waals surface area contributed by atoms with Crippen LogP contribution in [-0.2, 0) is 4.79 Å². The summed E-state index contributed by atoms with van der Waals surface area (Å²) in [5.74, 6) is -1.01. The largest absolute Gasteiger partial charge is 0.324 e. The molecule has 6 heteroatoms. The van der Waals surface area contributed by atoms with Crippen molar-refractivity contribution in [2.75, 3.05) is 5.32 Å². The molecular weight excluding hydrogens is 377 g/mol. The summed E-state index contributed by atoms with van der Waals surface area (Å²) in [5.41, 5.74) is 2.72. The van der Waals surface area contributed by atoms with Crippen molar-refractivity contribution in [2.24, 2.45) is 0 Å². The maximum atomic E-state index is 13.9. The van der Waals surface area contributed by atoms with Crippen LogP contribution in [0, 0.1) is 5.82 Å². The number of anilines is 1. The molecule has 2 heterocycles. The van der Waals surface area contributed by atoms with Crippen molar-refractivity contribution in [3.8, 4) is 0 Å². The van der Waals surface area contributed by atoms with Crippen LogP contribution in [0.4, 0.5) is 10.1 Å². The van der Waals surface area contributed by atoms with Crippen LogP contribution in [0.15, 0.2) is 79.1 Å². The van der Waals surface area contributed by atoms with E-state index in [1.807, 2.05) is 40.8 Å². The summed E-state index contributed by atoms with van der Waals surface area (Å²) in [6.07, 6.45) is 3.67. The van der Waals surface area contributed by atoms with Gasteiger partial charge >= 0.3 is 0 Å². The molecule has 0 saturated carbocycles. The molecule has 28 heavy (non-hydrogen) atoms. The number of fused-ring (bicyclic) bond motifs is 1. The lowest BCUT2D eigenvalue weighted by molar-refractivity contribution is -0.116. The van der Waals surface area contributed by atoms with Gasteiger partial charge in [-0.2, -0.15) is 0 Å². The van der Waals surface area contributed by atoms with Gasteiger partial charge in [0.15, 0.2) is 0 Å². The summed E-state index contributed by atoms with van der Waals surface area (Å²) in [6, 6.07) is 19.4. The predicted octanol–water partition coefficient (Wildman–Crippen LogP) is 5.29. The molecule has 0 bridgehead atoms. The number of aromatic nitrogens is 2. The van der Waals surface area contributed by atoms with E-state index in [1.165, 1.54) is 6.07 Å². The quantitative estimate of drug-likeness (QED) is 0.501. The van der Waals surface area contributed by atoms with Crippen molar-refractivity contribution < 1.29 is 9.18 Å². The van der Waals surface area contributed by atoms with E-state index in [-0.39, 0.29) is 23.9 Å². The van der Waals surface area contributed by atoms with Gasteiger partial charge in [-0.1, -0.05) is 54.1 Å². The number of nitrogens with one attached hydrogen (secondary N) is 1. The molecule has 1 amide bonds. The van der Waals surface area contributed by atoms with E-state index in [4.69, 9.17) is 11.6 Å². The van der Waals surface area contributed by atoms with Crippen LogP contribution in [0.2, 0.25) is 5.02 Å². The number of para-hydroxylation sites is 1. The molecule has 0 radical (unpaired) electrons. The molecule has 1 N–H and O–H groups in total. The molecule has 2 aromatic heterocycles. The van der Waals surface area contributed by atoms with Crippen LogP contribution in [0.1, 0.15) is 23.6 Å². The number of imidazole rings is 1. The first-order valence-corrected chi connectivity index (χ1v) is 9.21. The Labute approximate surface area is 166 Å². The van der Waals surface area contributed by atoms with Gasteiger partial charge in [0.1, 0.15) is 11.5 Å². The third kappa shape index (κ3) is 3.75. The van der Waals surface area contributed by atoms with Crippen LogP contribution in [0.3, 0.4) is 0 Å². The Morgan fingerprint density at radius 3 is 2.61 bits per heavy atom. The average Bonchev–Trinajstić information content (AvgIpc) is 3.11. The highest BCUT2D eigenvalue weighted by molar-refractivity contribution is 6.30. The van der Waals surface area contributed by atoms with Crippen LogP contribution >= 0.6 is 11.6 Å². The van der Waals surface area contributed by atoms with Gasteiger partial charge in [0.25, 0.3) is 0 Å². The highest BCUT2D eigenvalue weighted by Crippen LogP contribution is 2.30. The molecule has 4 nitrogen and oxygen atoms in total. The van der Waals surface area contributed by atoms with E-state index in [9.17, 15) is 9.18 Å². The summed E-state index contributed by atoms with van der Waals surface area (Å²) in [7, 11) is 0. The topological polar surface area (TPSA) is 46.4 Å². The number of carbonyl (C=O) groups is 1. The highest BCUT2D eigenvalue weighted by Gasteiger charge is 2.22. The number of rotatable bonds is 5. The lowest BCUT2D eigenvalue weighted by atomic mass is 9.92. The first-order chi connectivity index (χ1) is 13.6. The van der Waals surface area contributed by atoms with Crippen LogP contribution in [0.5, 0.6) is 0 Å². The van der Waals surface area contributed by atoms with Gasteiger partial charge in [0.05, 0.1) is 16.4 Å². The second kappa shape index (κ2) is 7.82. The normalized spacial score (nSPS) is 12.1. The molecule has 140 valence electrons. The number of carbonyl (C=O) groups excluding carboxylic acids is 1. The predicted molar refractivity (Wildman–Crippen MR) is 108 cm³/mol.